The molecule has 18 heavy (non-hydrogen) atoms. The van der Waals surface area contributed by atoms with Crippen LogP contribution in [0.15, 0.2) is 4.90 Å². The summed E-state index contributed by atoms with van der Waals surface area (Å²) < 4.78 is 27.1. The highest BCUT2D eigenvalue weighted by atomic mass is 32.2. The minimum atomic E-state index is -3.41. The first-order chi connectivity index (χ1) is 8.44. The van der Waals surface area contributed by atoms with Crippen molar-refractivity contribution < 1.29 is 8.42 Å². The Morgan fingerprint density at radius 3 is 2.61 bits per heavy atom. The maximum Gasteiger partial charge on any atom is 0.246 e. The van der Waals surface area contributed by atoms with Gasteiger partial charge in [0.1, 0.15) is 4.90 Å². The van der Waals surface area contributed by atoms with Crippen LogP contribution < -0.4 is 0 Å². The molecular weight excluding hydrogens is 250 g/mol. The summed E-state index contributed by atoms with van der Waals surface area (Å²) in [7, 11) is -3.41. The molecule has 0 aromatic carbocycles. The smallest absolute Gasteiger partial charge is 0.246 e. The van der Waals surface area contributed by atoms with Gasteiger partial charge in [-0.15, -0.1) is 0 Å². The fourth-order valence-electron chi connectivity index (χ4n) is 2.64. The van der Waals surface area contributed by atoms with Crippen LogP contribution in [0.25, 0.3) is 0 Å². The van der Waals surface area contributed by atoms with Crippen LogP contribution in [-0.2, 0) is 10.0 Å². The summed E-state index contributed by atoms with van der Waals surface area (Å²) in [6.45, 7) is 6.11. The number of H-pyrrole nitrogens is 1. The van der Waals surface area contributed by atoms with E-state index in [1.807, 2.05) is 6.92 Å². The molecule has 0 bridgehead atoms. The summed E-state index contributed by atoms with van der Waals surface area (Å²) in [6, 6.07) is 0.0752. The number of aromatic amines is 1. The Morgan fingerprint density at radius 2 is 2.00 bits per heavy atom. The van der Waals surface area contributed by atoms with E-state index in [1.165, 1.54) is 0 Å². The zero-order chi connectivity index (χ0) is 13.3. The van der Waals surface area contributed by atoms with E-state index in [-0.39, 0.29) is 6.04 Å². The van der Waals surface area contributed by atoms with E-state index in [2.05, 4.69) is 10.2 Å². The highest BCUT2D eigenvalue weighted by molar-refractivity contribution is 7.89. The highest BCUT2D eigenvalue weighted by Crippen LogP contribution is 2.27. The van der Waals surface area contributed by atoms with Gasteiger partial charge in [0.2, 0.25) is 10.0 Å². The molecule has 1 aliphatic rings. The number of hydrogen-bond donors (Lipinski definition) is 1. The SMILES string of the molecule is Cc1n[nH]c(C)c1S(=O)(=O)N1CCCCCC1C. The van der Waals surface area contributed by atoms with Crippen LogP contribution in [0.1, 0.15) is 44.0 Å². The normalized spacial score (nSPS) is 22.9. The molecule has 1 aliphatic heterocycles. The zero-order valence-electron chi connectivity index (χ0n) is 11.2. The van der Waals surface area contributed by atoms with Gasteiger partial charge in [0, 0.05) is 12.6 Å². The third-order valence-electron chi connectivity index (χ3n) is 3.62. The Kier molecular flexibility index (Phi) is 3.77. The van der Waals surface area contributed by atoms with Gasteiger partial charge < -0.3 is 0 Å². The molecular formula is C12H21N3O2S. The first-order valence-corrected chi connectivity index (χ1v) is 7.92. The van der Waals surface area contributed by atoms with Gasteiger partial charge in [-0.05, 0) is 33.6 Å². The van der Waals surface area contributed by atoms with Crippen molar-refractivity contribution in [1.29, 1.82) is 0 Å². The lowest BCUT2D eigenvalue weighted by Gasteiger charge is -2.26. The number of hydrogen-bond acceptors (Lipinski definition) is 3. The lowest BCUT2D eigenvalue weighted by atomic mass is 10.1. The second-order valence-corrected chi connectivity index (χ2v) is 6.90. The summed E-state index contributed by atoms with van der Waals surface area (Å²) in [5.41, 5.74) is 1.19. The third kappa shape index (κ3) is 2.31. The zero-order valence-corrected chi connectivity index (χ0v) is 12.0. The van der Waals surface area contributed by atoms with E-state index in [0.717, 1.165) is 25.7 Å². The van der Waals surface area contributed by atoms with Crippen molar-refractivity contribution in [3.05, 3.63) is 11.4 Å². The van der Waals surface area contributed by atoms with Crippen LogP contribution >= 0.6 is 0 Å². The molecule has 0 spiro atoms. The Hall–Kier alpha value is -0.880. The van der Waals surface area contributed by atoms with Crippen molar-refractivity contribution in [3.63, 3.8) is 0 Å². The van der Waals surface area contributed by atoms with Gasteiger partial charge in [0.25, 0.3) is 0 Å². The molecule has 102 valence electrons. The summed E-state index contributed by atoms with van der Waals surface area (Å²) in [6.07, 6.45) is 4.10. The molecule has 1 saturated heterocycles. The van der Waals surface area contributed by atoms with Gasteiger partial charge in [0.15, 0.2) is 0 Å². The molecule has 0 aliphatic carbocycles. The number of nitrogens with one attached hydrogen (secondary N) is 1. The largest absolute Gasteiger partial charge is 0.281 e. The van der Waals surface area contributed by atoms with Gasteiger partial charge in [-0.2, -0.15) is 9.40 Å². The minimum absolute atomic E-state index is 0.0752. The Balaban J connectivity index is 2.41. The molecule has 2 heterocycles. The van der Waals surface area contributed by atoms with E-state index in [1.54, 1.807) is 18.2 Å². The number of aromatic nitrogens is 2. The molecule has 0 saturated carbocycles. The van der Waals surface area contributed by atoms with E-state index < -0.39 is 10.0 Å². The second-order valence-electron chi connectivity index (χ2n) is 5.08. The monoisotopic (exact) mass is 271 g/mol. The molecule has 1 aromatic rings. The number of rotatable bonds is 2. The van der Waals surface area contributed by atoms with Crippen LogP contribution in [0, 0.1) is 13.8 Å². The van der Waals surface area contributed by atoms with Crippen molar-refractivity contribution in [2.75, 3.05) is 6.54 Å². The van der Waals surface area contributed by atoms with Crippen molar-refractivity contribution in [2.24, 2.45) is 0 Å². The standard InChI is InChI=1S/C12H21N3O2S/c1-9-7-5-4-6-8-15(9)18(16,17)12-10(2)13-14-11(12)3/h9H,4-8H2,1-3H3,(H,13,14). The Morgan fingerprint density at radius 1 is 1.28 bits per heavy atom. The molecule has 0 amide bonds. The van der Waals surface area contributed by atoms with E-state index in [9.17, 15) is 8.42 Å². The summed E-state index contributed by atoms with van der Waals surface area (Å²) in [4.78, 5) is 0.358. The van der Waals surface area contributed by atoms with Crippen molar-refractivity contribution >= 4 is 10.0 Å². The molecule has 1 unspecified atom stereocenters. The molecule has 0 radical (unpaired) electrons. The van der Waals surface area contributed by atoms with Crippen LogP contribution in [0.5, 0.6) is 0 Å². The predicted octanol–water partition coefficient (Wildman–Crippen LogP) is 1.98. The van der Waals surface area contributed by atoms with Crippen LogP contribution in [0.2, 0.25) is 0 Å². The molecule has 1 aromatic heterocycles. The number of sulfonamides is 1. The maximum atomic E-state index is 12.7. The molecule has 2 rings (SSSR count). The minimum Gasteiger partial charge on any atom is -0.281 e. The van der Waals surface area contributed by atoms with E-state index >= 15 is 0 Å². The number of aryl methyl sites for hydroxylation is 2. The van der Waals surface area contributed by atoms with E-state index in [0.29, 0.717) is 22.8 Å². The average molecular weight is 271 g/mol. The topological polar surface area (TPSA) is 66.1 Å². The molecule has 6 heteroatoms. The molecule has 1 fully saturated rings. The molecule has 1 atom stereocenters. The lowest BCUT2D eigenvalue weighted by Crippen LogP contribution is -2.38. The first-order valence-electron chi connectivity index (χ1n) is 6.48. The first kappa shape index (κ1) is 13.5. The van der Waals surface area contributed by atoms with Gasteiger partial charge in [-0.25, -0.2) is 8.42 Å². The van der Waals surface area contributed by atoms with Crippen molar-refractivity contribution in [1.82, 2.24) is 14.5 Å². The van der Waals surface area contributed by atoms with Crippen LogP contribution in [0.3, 0.4) is 0 Å². The fraction of sp³-hybridized carbons (Fsp3) is 0.750. The molecule has 1 N–H and O–H groups in total. The molecule has 5 nitrogen and oxygen atoms in total. The van der Waals surface area contributed by atoms with Gasteiger partial charge in [-0.3, -0.25) is 5.10 Å². The quantitative estimate of drug-likeness (QED) is 0.894. The van der Waals surface area contributed by atoms with Gasteiger partial charge in [0.05, 0.1) is 11.4 Å². The summed E-state index contributed by atoms with van der Waals surface area (Å²) in [5, 5.41) is 6.75. The van der Waals surface area contributed by atoms with Crippen molar-refractivity contribution in [2.45, 2.75) is 57.4 Å². The Bertz CT molecular complexity index is 502. The third-order valence-corrected chi connectivity index (χ3v) is 5.90. The fourth-order valence-corrected chi connectivity index (χ4v) is 4.68. The van der Waals surface area contributed by atoms with Gasteiger partial charge in [-0.1, -0.05) is 12.8 Å². The predicted molar refractivity (Wildman–Crippen MR) is 69.9 cm³/mol. The number of nitrogens with zero attached hydrogens (tertiary/aromatic N) is 2. The van der Waals surface area contributed by atoms with Crippen molar-refractivity contribution in [3.8, 4) is 0 Å². The van der Waals surface area contributed by atoms with E-state index in [4.69, 9.17) is 0 Å². The van der Waals surface area contributed by atoms with Gasteiger partial charge >= 0.3 is 0 Å². The van der Waals surface area contributed by atoms with Crippen LogP contribution in [-0.4, -0.2) is 35.5 Å². The maximum absolute atomic E-state index is 12.7. The summed E-state index contributed by atoms with van der Waals surface area (Å²) in [5.74, 6) is 0. The average Bonchev–Trinajstić information content (AvgIpc) is 2.50. The lowest BCUT2D eigenvalue weighted by molar-refractivity contribution is 0.341. The summed E-state index contributed by atoms with van der Waals surface area (Å²) >= 11 is 0. The highest BCUT2D eigenvalue weighted by Gasteiger charge is 2.33. The second kappa shape index (κ2) is 5.01. The van der Waals surface area contributed by atoms with Crippen LogP contribution in [0.4, 0.5) is 0 Å². The Labute approximate surface area is 109 Å².